The quantitative estimate of drug-likeness (QED) is 0.728. The lowest BCUT2D eigenvalue weighted by atomic mass is 10.3. The van der Waals surface area contributed by atoms with Crippen LogP contribution in [-0.2, 0) is 17.8 Å². The van der Waals surface area contributed by atoms with E-state index in [2.05, 4.69) is 15.5 Å². The van der Waals surface area contributed by atoms with Crippen LogP contribution >= 0.6 is 0 Å². The molecule has 0 saturated carbocycles. The summed E-state index contributed by atoms with van der Waals surface area (Å²) < 4.78 is 7.19. The monoisotopic (exact) mass is 276 g/mol. The van der Waals surface area contributed by atoms with Crippen molar-refractivity contribution in [2.75, 3.05) is 6.61 Å². The summed E-state index contributed by atoms with van der Waals surface area (Å²) in [5.74, 6) is 0.564. The highest BCUT2D eigenvalue weighted by molar-refractivity contribution is 5.66. The zero-order valence-electron chi connectivity index (χ0n) is 11.0. The lowest BCUT2D eigenvalue weighted by Gasteiger charge is -2.06. The van der Waals surface area contributed by atoms with Crippen molar-refractivity contribution in [2.45, 2.75) is 25.8 Å². The van der Waals surface area contributed by atoms with Gasteiger partial charge >= 0.3 is 5.97 Å². The van der Waals surface area contributed by atoms with Crippen molar-refractivity contribution in [3.8, 4) is 5.75 Å². The van der Waals surface area contributed by atoms with Gasteiger partial charge in [-0.15, -0.1) is 5.10 Å². The molecule has 0 aliphatic rings. The Morgan fingerprint density at radius 3 is 2.85 bits per heavy atom. The molecule has 0 amide bonds. The Hall–Kier alpha value is -2.44. The van der Waals surface area contributed by atoms with Crippen LogP contribution in [0.1, 0.15) is 18.7 Å². The average Bonchev–Trinajstić information content (AvgIpc) is 2.90. The first kappa shape index (κ1) is 14.0. The van der Waals surface area contributed by atoms with Crippen LogP contribution in [0.4, 0.5) is 0 Å². The highest BCUT2D eigenvalue weighted by Gasteiger charge is 2.08. The van der Waals surface area contributed by atoms with E-state index in [9.17, 15) is 4.79 Å². The van der Waals surface area contributed by atoms with Crippen LogP contribution in [0.3, 0.4) is 0 Å². The number of carbonyl (C=O) groups is 1. The summed E-state index contributed by atoms with van der Waals surface area (Å²) in [7, 11) is 0. The first-order valence-corrected chi connectivity index (χ1v) is 6.40. The Labute approximate surface area is 116 Å². The van der Waals surface area contributed by atoms with Gasteiger partial charge in [-0.2, -0.15) is 0 Å². The standard InChI is InChI=1S/C13H16N4O3/c18-13(19)8-7-12-14-15-16-17(12)9-4-10-20-11-5-2-1-3-6-11/h1-3,5-6H,4,7-10H2,(H,18,19). The van der Waals surface area contributed by atoms with Crippen molar-refractivity contribution in [1.29, 1.82) is 0 Å². The van der Waals surface area contributed by atoms with Crippen molar-refractivity contribution >= 4 is 5.97 Å². The summed E-state index contributed by atoms with van der Waals surface area (Å²) in [5, 5.41) is 19.9. The lowest BCUT2D eigenvalue weighted by molar-refractivity contribution is -0.137. The number of aliphatic carboxylic acids is 1. The highest BCUT2D eigenvalue weighted by Crippen LogP contribution is 2.08. The largest absolute Gasteiger partial charge is 0.494 e. The van der Waals surface area contributed by atoms with E-state index in [1.54, 1.807) is 4.68 Å². The molecule has 0 fully saturated rings. The molecule has 2 rings (SSSR count). The molecule has 106 valence electrons. The Bertz CT molecular complexity index is 542. The zero-order chi connectivity index (χ0) is 14.2. The van der Waals surface area contributed by atoms with Crippen LogP contribution in [0.5, 0.6) is 5.75 Å². The van der Waals surface area contributed by atoms with Crippen molar-refractivity contribution in [3.63, 3.8) is 0 Å². The van der Waals surface area contributed by atoms with Gasteiger partial charge in [0, 0.05) is 19.4 Å². The van der Waals surface area contributed by atoms with Gasteiger partial charge in [0.05, 0.1) is 13.0 Å². The molecule has 0 radical (unpaired) electrons. The predicted octanol–water partition coefficient (Wildman–Crippen LogP) is 1.16. The third-order valence-corrected chi connectivity index (χ3v) is 2.69. The Morgan fingerprint density at radius 2 is 2.10 bits per heavy atom. The van der Waals surface area contributed by atoms with E-state index >= 15 is 0 Å². The number of benzene rings is 1. The third kappa shape index (κ3) is 4.34. The molecule has 0 aliphatic carbocycles. The average molecular weight is 276 g/mol. The molecular formula is C13H16N4O3. The van der Waals surface area contributed by atoms with Crippen LogP contribution in [0.2, 0.25) is 0 Å². The Morgan fingerprint density at radius 1 is 1.30 bits per heavy atom. The van der Waals surface area contributed by atoms with Crippen molar-refractivity contribution in [3.05, 3.63) is 36.2 Å². The highest BCUT2D eigenvalue weighted by atomic mass is 16.5. The molecule has 7 nitrogen and oxygen atoms in total. The molecule has 20 heavy (non-hydrogen) atoms. The number of ether oxygens (including phenoxy) is 1. The number of tetrazole rings is 1. The van der Waals surface area contributed by atoms with Crippen LogP contribution < -0.4 is 4.74 Å². The molecule has 1 N–H and O–H groups in total. The summed E-state index contributed by atoms with van der Waals surface area (Å²) in [6.07, 6.45) is 1.11. The maximum atomic E-state index is 10.5. The molecule has 2 aromatic rings. The molecule has 1 aromatic carbocycles. The molecule has 0 saturated heterocycles. The second kappa shape index (κ2) is 7.22. The molecule has 0 bridgehead atoms. The molecule has 0 atom stereocenters. The summed E-state index contributed by atoms with van der Waals surface area (Å²) >= 11 is 0. The Balaban J connectivity index is 1.74. The second-order valence-electron chi connectivity index (χ2n) is 4.23. The van der Waals surface area contributed by atoms with E-state index in [0.717, 1.165) is 12.2 Å². The number of para-hydroxylation sites is 1. The topological polar surface area (TPSA) is 90.1 Å². The fourth-order valence-electron chi connectivity index (χ4n) is 1.72. The number of carboxylic acid groups (broad SMARTS) is 1. The van der Waals surface area contributed by atoms with Gasteiger partial charge in [0.2, 0.25) is 0 Å². The van der Waals surface area contributed by atoms with Gasteiger partial charge in [0.15, 0.2) is 5.82 Å². The molecule has 0 unspecified atom stereocenters. The van der Waals surface area contributed by atoms with Gasteiger partial charge < -0.3 is 9.84 Å². The minimum atomic E-state index is -0.855. The van der Waals surface area contributed by atoms with Gasteiger partial charge in [-0.3, -0.25) is 4.79 Å². The molecular weight excluding hydrogens is 260 g/mol. The van der Waals surface area contributed by atoms with E-state index in [0.29, 0.717) is 25.4 Å². The van der Waals surface area contributed by atoms with Crippen molar-refractivity contribution in [1.82, 2.24) is 20.2 Å². The first-order chi connectivity index (χ1) is 9.75. The second-order valence-corrected chi connectivity index (χ2v) is 4.23. The minimum Gasteiger partial charge on any atom is -0.494 e. The smallest absolute Gasteiger partial charge is 0.303 e. The van der Waals surface area contributed by atoms with Gasteiger partial charge in [0.25, 0.3) is 0 Å². The summed E-state index contributed by atoms with van der Waals surface area (Å²) in [6, 6.07) is 9.56. The number of hydrogen-bond donors (Lipinski definition) is 1. The van der Waals surface area contributed by atoms with Crippen molar-refractivity contribution in [2.24, 2.45) is 0 Å². The SMILES string of the molecule is O=C(O)CCc1nnnn1CCCOc1ccccc1. The zero-order valence-corrected chi connectivity index (χ0v) is 11.0. The van der Waals surface area contributed by atoms with Crippen molar-refractivity contribution < 1.29 is 14.6 Å². The maximum Gasteiger partial charge on any atom is 0.303 e. The number of hydrogen-bond acceptors (Lipinski definition) is 5. The lowest BCUT2D eigenvalue weighted by Crippen LogP contribution is -2.10. The number of aromatic nitrogens is 4. The third-order valence-electron chi connectivity index (χ3n) is 2.69. The van der Waals surface area contributed by atoms with Gasteiger partial charge in [-0.1, -0.05) is 18.2 Å². The minimum absolute atomic E-state index is 0.0287. The number of aryl methyl sites for hydroxylation is 2. The summed E-state index contributed by atoms with van der Waals surface area (Å²) in [5.41, 5.74) is 0. The van der Waals surface area contributed by atoms with Crippen LogP contribution in [0.15, 0.2) is 30.3 Å². The van der Waals surface area contributed by atoms with E-state index < -0.39 is 5.97 Å². The summed E-state index contributed by atoms with van der Waals surface area (Å²) in [4.78, 5) is 10.5. The maximum absolute atomic E-state index is 10.5. The van der Waals surface area contributed by atoms with E-state index in [4.69, 9.17) is 9.84 Å². The summed E-state index contributed by atoms with van der Waals surface area (Å²) in [6.45, 7) is 1.16. The number of rotatable bonds is 8. The van der Waals surface area contributed by atoms with Crippen LogP contribution in [0, 0.1) is 0 Å². The molecule has 1 aromatic heterocycles. The fraction of sp³-hybridized carbons (Fsp3) is 0.385. The van der Waals surface area contributed by atoms with E-state index in [-0.39, 0.29) is 6.42 Å². The van der Waals surface area contributed by atoms with Crippen LogP contribution in [0.25, 0.3) is 0 Å². The van der Waals surface area contributed by atoms with E-state index in [1.807, 2.05) is 30.3 Å². The number of carboxylic acids is 1. The fourth-order valence-corrected chi connectivity index (χ4v) is 1.72. The van der Waals surface area contributed by atoms with E-state index in [1.165, 1.54) is 0 Å². The molecule has 7 heteroatoms. The molecule has 0 aliphatic heterocycles. The number of nitrogens with zero attached hydrogens (tertiary/aromatic N) is 4. The van der Waals surface area contributed by atoms with Gasteiger partial charge in [0.1, 0.15) is 5.75 Å². The van der Waals surface area contributed by atoms with Crippen LogP contribution in [-0.4, -0.2) is 37.9 Å². The first-order valence-electron chi connectivity index (χ1n) is 6.40. The molecule has 1 heterocycles. The predicted molar refractivity (Wildman–Crippen MR) is 70.3 cm³/mol. The van der Waals surface area contributed by atoms with Gasteiger partial charge in [-0.25, -0.2) is 4.68 Å². The normalized spacial score (nSPS) is 10.4. The Kier molecular flexibility index (Phi) is 5.05. The molecule has 0 spiro atoms. The van der Waals surface area contributed by atoms with Gasteiger partial charge in [-0.05, 0) is 22.6 Å².